The van der Waals surface area contributed by atoms with Gasteiger partial charge in [0.25, 0.3) is 5.91 Å². The van der Waals surface area contributed by atoms with Gasteiger partial charge in [0.05, 0.1) is 10.8 Å². The van der Waals surface area contributed by atoms with E-state index in [2.05, 4.69) is 5.32 Å². The SMILES string of the molecule is CC1SC2(C(=O)Nc3ccccc32)N(c2cccc(C(F)(F)F)c2)C1=O. The first-order chi connectivity index (χ1) is 12.2. The van der Waals surface area contributed by atoms with Crippen molar-refractivity contribution < 1.29 is 22.8 Å². The van der Waals surface area contributed by atoms with Crippen LogP contribution in [0.1, 0.15) is 18.1 Å². The first kappa shape index (κ1) is 17.0. The van der Waals surface area contributed by atoms with Crippen LogP contribution in [0.5, 0.6) is 0 Å². The zero-order chi connectivity index (χ0) is 18.7. The minimum atomic E-state index is -4.54. The second-order valence-corrected chi connectivity index (χ2v) is 7.66. The molecule has 4 rings (SSSR count). The molecule has 1 N–H and O–H groups in total. The van der Waals surface area contributed by atoms with Crippen molar-refractivity contribution in [2.45, 2.75) is 23.2 Å². The van der Waals surface area contributed by atoms with Gasteiger partial charge in [-0.05, 0) is 31.2 Å². The van der Waals surface area contributed by atoms with Gasteiger partial charge in [0.2, 0.25) is 10.8 Å². The first-order valence-corrected chi connectivity index (χ1v) is 8.73. The summed E-state index contributed by atoms with van der Waals surface area (Å²) in [5, 5.41) is 2.17. The van der Waals surface area contributed by atoms with Gasteiger partial charge >= 0.3 is 6.18 Å². The van der Waals surface area contributed by atoms with Gasteiger partial charge in [-0.1, -0.05) is 24.3 Å². The molecule has 2 amide bonds. The summed E-state index contributed by atoms with van der Waals surface area (Å²) in [4.78, 5) is 25.5. The highest BCUT2D eigenvalue weighted by atomic mass is 32.2. The molecular weight excluding hydrogens is 365 g/mol. The third-order valence-corrected chi connectivity index (χ3v) is 5.99. The van der Waals surface area contributed by atoms with Crippen molar-refractivity contribution in [1.82, 2.24) is 0 Å². The number of thioether (sulfide) groups is 1. The molecule has 8 heteroatoms. The third kappa shape index (κ3) is 2.25. The predicted molar refractivity (Wildman–Crippen MR) is 92.7 cm³/mol. The molecule has 0 bridgehead atoms. The summed E-state index contributed by atoms with van der Waals surface area (Å²) >= 11 is 1.13. The van der Waals surface area contributed by atoms with Gasteiger partial charge in [-0.2, -0.15) is 13.2 Å². The third-order valence-electron chi connectivity index (χ3n) is 4.51. The van der Waals surface area contributed by atoms with Gasteiger partial charge in [0.15, 0.2) is 0 Å². The molecule has 4 nitrogen and oxygen atoms in total. The van der Waals surface area contributed by atoms with Crippen molar-refractivity contribution in [2.75, 3.05) is 10.2 Å². The lowest BCUT2D eigenvalue weighted by Gasteiger charge is -2.32. The highest BCUT2D eigenvalue weighted by molar-refractivity contribution is 8.03. The average Bonchev–Trinajstić information content (AvgIpc) is 3.02. The molecule has 2 unspecified atom stereocenters. The maximum absolute atomic E-state index is 13.1. The summed E-state index contributed by atoms with van der Waals surface area (Å²) < 4.78 is 39.4. The molecule has 0 aliphatic carbocycles. The molecule has 0 saturated carbocycles. The molecule has 2 aliphatic rings. The number of hydrogen-bond acceptors (Lipinski definition) is 3. The van der Waals surface area contributed by atoms with Crippen LogP contribution in [-0.4, -0.2) is 17.1 Å². The monoisotopic (exact) mass is 378 g/mol. The molecular formula is C18H13F3N2O2S. The van der Waals surface area contributed by atoms with E-state index in [1.54, 1.807) is 31.2 Å². The number of fused-ring (bicyclic) bond motifs is 2. The fraction of sp³-hybridized carbons (Fsp3) is 0.222. The van der Waals surface area contributed by atoms with Crippen LogP contribution in [0.25, 0.3) is 0 Å². The minimum Gasteiger partial charge on any atom is -0.323 e. The van der Waals surface area contributed by atoms with Crippen LogP contribution < -0.4 is 10.2 Å². The fourth-order valence-electron chi connectivity index (χ4n) is 3.38. The highest BCUT2D eigenvalue weighted by Gasteiger charge is 2.60. The van der Waals surface area contributed by atoms with Crippen LogP contribution in [-0.2, 0) is 20.6 Å². The van der Waals surface area contributed by atoms with Crippen LogP contribution in [0.15, 0.2) is 48.5 Å². The van der Waals surface area contributed by atoms with Crippen molar-refractivity contribution in [3.05, 3.63) is 59.7 Å². The van der Waals surface area contributed by atoms with Crippen LogP contribution >= 0.6 is 11.8 Å². The summed E-state index contributed by atoms with van der Waals surface area (Å²) in [5.41, 5.74) is 0.316. The van der Waals surface area contributed by atoms with E-state index in [0.717, 1.165) is 23.9 Å². The summed E-state index contributed by atoms with van der Waals surface area (Å²) in [6.45, 7) is 1.65. The van der Waals surface area contributed by atoms with E-state index in [1.807, 2.05) is 0 Å². The quantitative estimate of drug-likeness (QED) is 0.817. The number of hydrogen-bond donors (Lipinski definition) is 1. The number of halogens is 3. The standard InChI is InChI=1S/C18H13F3N2O2S/c1-10-15(24)23(12-6-4-5-11(9-12)18(19,20)21)17(26-10)13-7-2-3-8-14(13)22-16(17)25/h2-10H,1H3,(H,22,25). The number of nitrogens with zero attached hydrogens (tertiary/aromatic N) is 1. The van der Waals surface area contributed by atoms with Gasteiger partial charge in [-0.25, -0.2) is 0 Å². The Hall–Kier alpha value is -2.48. The lowest BCUT2D eigenvalue weighted by Crippen LogP contribution is -2.47. The van der Waals surface area contributed by atoms with Crippen molar-refractivity contribution in [1.29, 1.82) is 0 Å². The molecule has 2 aliphatic heterocycles. The number of carbonyl (C=O) groups is 2. The summed E-state index contributed by atoms with van der Waals surface area (Å²) in [6, 6.07) is 11.4. The maximum atomic E-state index is 13.1. The van der Waals surface area contributed by atoms with E-state index in [0.29, 0.717) is 11.3 Å². The topological polar surface area (TPSA) is 49.4 Å². The lowest BCUT2D eigenvalue weighted by molar-refractivity contribution is -0.137. The predicted octanol–water partition coefficient (Wildman–Crippen LogP) is 3.98. The fourth-order valence-corrected chi connectivity index (χ4v) is 4.86. The van der Waals surface area contributed by atoms with Crippen molar-refractivity contribution >= 4 is 35.0 Å². The number of alkyl halides is 3. The molecule has 1 fully saturated rings. The van der Waals surface area contributed by atoms with Gasteiger partial charge in [-0.15, -0.1) is 11.8 Å². The minimum absolute atomic E-state index is 0.0496. The Kier molecular flexibility index (Phi) is 3.59. The summed E-state index contributed by atoms with van der Waals surface area (Å²) in [6.07, 6.45) is -4.54. The normalized spacial score (nSPS) is 24.9. The molecule has 26 heavy (non-hydrogen) atoms. The lowest BCUT2D eigenvalue weighted by atomic mass is 10.0. The van der Waals surface area contributed by atoms with Gasteiger partial charge in [0, 0.05) is 16.9 Å². The Morgan fingerprint density at radius 1 is 1.12 bits per heavy atom. The van der Waals surface area contributed by atoms with E-state index in [1.165, 1.54) is 17.0 Å². The first-order valence-electron chi connectivity index (χ1n) is 7.85. The van der Waals surface area contributed by atoms with Crippen LogP contribution in [0.2, 0.25) is 0 Å². The molecule has 2 aromatic rings. The molecule has 134 valence electrons. The van der Waals surface area contributed by atoms with Crippen molar-refractivity contribution in [3.63, 3.8) is 0 Å². The zero-order valence-corrected chi connectivity index (χ0v) is 14.3. The van der Waals surface area contributed by atoms with Crippen LogP contribution in [0.4, 0.5) is 24.5 Å². The average molecular weight is 378 g/mol. The molecule has 0 radical (unpaired) electrons. The van der Waals surface area contributed by atoms with E-state index < -0.39 is 33.7 Å². The van der Waals surface area contributed by atoms with E-state index in [9.17, 15) is 22.8 Å². The van der Waals surface area contributed by atoms with Crippen molar-refractivity contribution in [2.24, 2.45) is 0 Å². The second-order valence-electron chi connectivity index (χ2n) is 6.13. The number of amides is 2. The molecule has 1 spiro atoms. The van der Waals surface area contributed by atoms with E-state index >= 15 is 0 Å². The maximum Gasteiger partial charge on any atom is 0.416 e. The molecule has 2 atom stereocenters. The Labute approximate surface area is 151 Å². The van der Waals surface area contributed by atoms with E-state index in [-0.39, 0.29) is 5.69 Å². The summed E-state index contributed by atoms with van der Waals surface area (Å²) in [7, 11) is 0. The second kappa shape index (κ2) is 5.51. The number of nitrogens with one attached hydrogen (secondary N) is 1. The molecule has 0 aromatic heterocycles. The number of rotatable bonds is 1. The zero-order valence-electron chi connectivity index (χ0n) is 13.5. The number of para-hydroxylation sites is 1. The van der Waals surface area contributed by atoms with E-state index in [4.69, 9.17) is 0 Å². The van der Waals surface area contributed by atoms with Crippen LogP contribution in [0, 0.1) is 0 Å². The Bertz CT molecular complexity index is 931. The molecule has 1 saturated heterocycles. The van der Waals surface area contributed by atoms with Crippen LogP contribution in [0.3, 0.4) is 0 Å². The van der Waals surface area contributed by atoms with Crippen molar-refractivity contribution in [3.8, 4) is 0 Å². The number of carbonyl (C=O) groups excluding carboxylic acids is 2. The highest BCUT2D eigenvalue weighted by Crippen LogP contribution is 2.56. The largest absolute Gasteiger partial charge is 0.416 e. The van der Waals surface area contributed by atoms with Gasteiger partial charge in [-0.3, -0.25) is 14.5 Å². The molecule has 2 aromatic carbocycles. The van der Waals surface area contributed by atoms with Gasteiger partial charge in [0.1, 0.15) is 0 Å². The Balaban J connectivity index is 1.92. The smallest absolute Gasteiger partial charge is 0.323 e. The Morgan fingerprint density at radius 3 is 2.58 bits per heavy atom. The number of benzene rings is 2. The summed E-state index contributed by atoms with van der Waals surface area (Å²) in [5.74, 6) is -0.833. The number of anilines is 2. The Morgan fingerprint density at radius 2 is 1.85 bits per heavy atom. The van der Waals surface area contributed by atoms with Gasteiger partial charge < -0.3 is 5.32 Å². The molecule has 2 heterocycles.